The molecule has 0 spiro atoms. The first kappa shape index (κ1) is 15.4. The van der Waals surface area contributed by atoms with Crippen LogP contribution in [0, 0.1) is 5.92 Å². The molecule has 114 valence electrons. The highest BCUT2D eigenvalue weighted by atomic mass is 32.2. The van der Waals surface area contributed by atoms with E-state index in [1.807, 2.05) is 0 Å². The van der Waals surface area contributed by atoms with Crippen LogP contribution in [0.25, 0.3) is 0 Å². The summed E-state index contributed by atoms with van der Waals surface area (Å²) in [6.45, 7) is 0.239. The largest absolute Gasteiger partial charge is 0.355 e. The maximum Gasteiger partial charge on any atom is 0.341 e. The predicted molar refractivity (Wildman–Crippen MR) is 69.4 cm³/mol. The number of benzene rings is 1. The van der Waals surface area contributed by atoms with E-state index in [9.17, 15) is 26.8 Å². The number of carbonyl (C=O) groups excluding carboxylic acids is 2. The number of sulfone groups is 1. The minimum atomic E-state index is -4.65. The molecule has 2 rings (SSSR count). The van der Waals surface area contributed by atoms with Crippen molar-refractivity contribution in [1.82, 2.24) is 5.32 Å². The third kappa shape index (κ3) is 3.35. The van der Waals surface area contributed by atoms with E-state index in [1.54, 1.807) is 0 Å². The molecule has 0 aromatic heterocycles. The van der Waals surface area contributed by atoms with Crippen LogP contribution in [0.1, 0.15) is 6.42 Å². The number of alkyl halides is 2. The Labute approximate surface area is 119 Å². The molecular formula is C12H12F2N2O4S. The van der Waals surface area contributed by atoms with Crippen LogP contribution in [0.4, 0.5) is 14.5 Å². The molecule has 1 atom stereocenters. The molecule has 0 aliphatic carbocycles. The van der Waals surface area contributed by atoms with Crippen LogP contribution in [0.15, 0.2) is 29.2 Å². The second-order valence-electron chi connectivity index (χ2n) is 4.52. The van der Waals surface area contributed by atoms with Crippen molar-refractivity contribution in [2.24, 2.45) is 5.92 Å². The van der Waals surface area contributed by atoms with Gasteiger partial charge in [0.15, 0.2) is 0 Å². The molecular weight excluding hydrogens is 306 g/mol. The summed E-state index contributed by atoms with van der Waals surface area (Å²) in [6, 6.07) is 4.43. The number of hydrogen-bond donors (Lipinski definition) is 2. The summed E-state index contributed by atoms with van der Waals surface area (Å²) in [5.41, 5.74) is 0.271. The molecule has 1 unspecified atom stereocenters. The van der Waals surface area contributed by atoms with Crippen LogP contribution in [0.2, 0.25) is 0 Å². The lowest BCUT2D eigenvalue weighted by Gasteiger charge is -2.10. The Kier molecular flexibility index (Phi) is 4.21. The molecule has 9 heteroatoms. The van der Waals surface area contributed by atoms with Crippen LogP contribution in [-0.4, -0.2) is 32.5 Å². The van der Waals surface area contributed by atoms with Crippen LogP contribution in [-0.2, 0) is 19.4 Å². The van der Waals surface area contributed by atoms with Gasteiger partial charge in [0.05, 0.1) is 10.8 Å². The fourth-order valence-corrected chi connectivity index (χ4v) is 2.59. The van der Waals surface area contributed by atoms with Gasteiger partial charge in [-0.1, -0.05) is 0 Å². The van der Waals surface area contributed by atoms with E-state index in [4.69, 9.17) is 0 Å². The highest BCUT2D eigenvalue weighted by Crippen LogP contribution is 2.21. The number of halogens is 2. The van der Waals surface area contributed by atoms with Crippen molar-refractivity contribution < 1.29 is 26.8 Å². The molecule has 0 saturated carbocycles. The molecule has 1 aromatic rings. The summed E-state index contributed by atoms with van der Waals surface area (Å²) < 4.78 is 47.2. The van der Waals surface area contributed by atoms with E-state index >= 15 is 0 Å². The summed E-state index contributed by atoms with van der Waals surface area (Å²) in [4.78, 5) is 22.3. The van der Waals surface area contributed by atoms with Crippen molar-refractivity contribution in [1.29, 1.82) is 0 Å². The summed E-state index contributed by atoms with van der Waals surface area (Å²) in [5, 5.41) is 5.01. The van der Waals surface area contributed by atoms with Gasteiger partial charge in [0, 0.05) is 18.7 Å². The number of nitrogens with one attached hydrogen (secondary N) is 2. The molecule has 6 nitrogen and oxygen atoms in total. The first-order chi connectivity index (χ1) is 9.80. The Morgan fingerprint density at radius 1 is 1.29 bits per heavy atom. The molecule has 1 heterocycles. The fraction of sp³-hybridized carbons (Fsp3) is 0.333. The van der Waals surface area contributed by atoms with Crippen molar-refractivity contribution in [3.8, 4) is 0 Å². The fourth-order valence-electron chi connectivity index (χ4n) is 1.87. The van der Waals surface area contributed by atoms with Crippen molar-refractivity contribution in [3.05, 3.63) is 24.3 Å². The molecule has 1 aromatic carbocycles. The molecule has 21 heavy (non-hydrogen) atoms. The third-order valence-corrected chi connectivity index (χ3v) is 4.43. The summed E-state index contributed by atoms with van der Waals surface area (Å²) in [5.74, 6) is -4.60. The third-order valence-electron chi connectivity index (χ3n) is 3.03. The normalized spacial score (nSPS) is 18.6. The van der Waals surface area contributed by atoms with Gasteiger partial charge >= 0.3 is 5.76 Å². The molecule has 2 N–H and O–H groups in total. The van der Waals surface area contributed by atoms with Gasteiger partial charge in [0.2, 0.25) is 21.7 Å². The van der Waals surface area contributed by atoms with E-state index in [0.29, 0.717) is 0 Å². The minimum absolute atomic E-state index is 0.0870. The quantitative estimate of drug-likeness (QED) is 0.857. The topological polar surface area (TPSA) is 92.3 Å². The van der Waals surface area contributed by atoms with Crippen LogP contribution in [0.3, 0.4) is 0 Å². The van der Waals surface area contributed by atoms with Gasteiger partial charge in [-0.3, -0.25) is 9.59 Å². The number of amides is 2. The van der Waals surface area contributed by atoms with Gasteiger partial charge in [0.1, 0.15) is 0 Å². The zero-order valence-corrected chi connectivity index (χ0v) is 11.5. The lowest BCUT2D eigenvalue weighted by Crippen LogP contribution is -2.24. The Morgan fingerprint density at radius 3 is 2.38 bits per heavy atom. The molecule has 2 amide bonds. The average Bonchev–Trinajstić information content (AvgIpc) is 2.86. The monoisotopic (exact) mass is 318 g/mol. The van der Waals surface area contributed by atoms with Crippen molar-refractivity contribution in [2.75, 3.05) is 11.9 Å². The first-order valence-corrected chi connectivity index (χ1v) is 7.55. The van der Waals surface area contributed by atoms with Gasteiger partial charge in [-0.25, -0.2) is 8.42 Å². The number of anilines is 1. The van der Waals surface area contributed by atoms with E-state index in [-0.39, 0.29) is 24.6 Å². The second kappa shape index (κ2) is 5.76. The molecule has 1 aliphatic rings. The smallest absolute Gasteiger partial charge is 0.341 e. The minimum Gasteiger partial charge on any atom is -0.355 e. The van der Waals surface area contributed by atoms with Gasteiger partial charge in [-0.15, -0.1) is 0 Å². The SMILES string of the molecule is O=C1CC(C(=O)Nc2ccc(S(=O)(=O)C(F)F)cc2)CN1. The number of rotatable bonds is 4. The summed E-state index contributed by atoms with van der Waals surface area (Å²) >= 11 is 0. The lowest BCUT2D eigenvalue weighted by atomic mass is 10.1. The maximum atomic E-state index is 12.4. The Bertz CT molecular complexity index is 658. The maximum absolute atomic E-state index is 12.4. The van der Waals surface area contributed by atoms with Crippen LogP contribution < -0.4 is 10.6 Å². The molecule has 0 bridgehead atoms. The second-order valence-corrected chi connectivity index (χ2v) is 6.44. The van der Waals surface area contributed by atoms with E-state index in [2.05, 4.69) is 10.6 Å². The molecule has 1 aliphatic heterocycles. The number of hydrogen-bond acceptors (Lipinski definition) is 4. The van der Waals surface area contributed by atoms with Crippen molar-refractivity contribution >= 4 is 27.3 Å². The van der Waals surface area contributed by atoms with Gasteiger partial charge in [0.25, 0.3) is 0 Å². The highest BCUT2D eigenvalue weighted by molar-refractivity contribution is 7.91. The van der Waals surface area contributed by atoms with Crippen molar-refractivity contribution in [2.45, 2.75) is 17.1 Å². The zero-order chi connectivity index (χ0) is 15.6. The molecule has 0 radical (unpaired) electrons. The average molecular weight is 318 g/mol. The summed E-state index contributed by atoms with van der Waals surface area (Å²) in [7, 11) is -4.65. The lowest BCUT2D eigenvalue weighted by molar-refractivity contribution is -0.123. The van der Waals surface area contributed by atoms with Gasteiger partial charge < -0.3 is 10.6 Å². The predicted octanol–water partition coefficient (Wildman–Crippen LogP) is 0.758. The molecule has 1 fully saturated rings. The molecule has 1 saturated heterocycles. The summed E-state index contributed by atoms with van der Waals surface area (Å²) in [6.07, 6.45) is 0.0870. The standard InChI is InChI=1S/C12H12F2N2O4S/c13-12(14)21(19,20)9-3-1-8(2-4-9)16-11(18)7-5-10(17)15-6-7/h1-4,7,12H,5-6H2,(H,15,17)(H,16,18). The van der Waals surface area contributed by atoms with Crippen molar-refractivity contribution in [3.63, 3.8) is 0 Å². The Hall–Kier alpha value is -2.03. The Balaban J connectivity index is 2.06. The zero-order valence-electron chi connectivity index (χ0n) is 10.7. The van der Waals surface area contributed by atoms with Crippen LogP contribution >= 0.6 is 0 Å². The highest BCUT2D eigenvalue weighted by Gasteiger charge is 2.28. The number of carbonyl (C=O) groups is 2. The van der Waals surface area contributed by atoms with Gasteiger partial charge in [-0.05, 0) is 24.3 Å². The van der Waals surface area contributed by atoms with E-state index in [0.717, 1.165) is 12.1 Å². The van der Waals surface area contributed by atoms with Crippen LogP contribution in [0.5, 0.6) is 0 Å². The Morgan fingerprint density at radius 2 is 1.90 bits per heavy atom. The van der Waals surface area contributed by atoms with E-state index in [1.165, 1.54) is 12.1 Å². The van der Waals surface area contributed by atoms with Gasteiger partial charge in [-0.2, -0.15) is 8.78 Å². The first-order valence-electron chi connectivity index (χ1n) is 6.00. The van der Waals surface area contributed by atoms with E-state index < -0.39 is 32.3 Å².